The Bertz CT molecular complexity index is 1160. The van der Waals surface area contributed by atoms with Gasteiger partial charge in [-0.3, -0.25) is 9.78 Å². The molecule has 0 unspecified atom stereocenters. The maximum absolute atomic E-state index is 12.8. The summed E-state index contributed by atoms with van der Waals surface area (Å²) < 4.78 is 8.16. The Morgan fingerprint density at radius 1 is 1.00 bits per heavy atom. The first-order valence-corrected chi connectivity index (χ1v) is 9.96. The number of ether oxygens (including phenoxy) is 1. The fraction of sp³-hybridized carbons (Fsp3) is 0.261. The maximum Gasteiger partial charge on any atom is 0.242 e. The Balaban J connectivity index is 1.21. The Labute approximate surface area is 168 Å². The van der Waals surface area contributed by atoms with Gasteiger partial charge in [-0.1, -0.05) is 30.3 Å². The average Bonchev–Trinajstić information content (AvgIpc) is 3.17. The van der Waals surface area contributed by atoms with E-state index in [0.717, 1.165) is 40.5 Å². The average molecular weight is 386 g/mol. The zero-order valence-corrected chi connectivity index (χ0v) is 16.1. The molecule has 2 aromatic carbocycles. The molecule has 146 valence electrons. The standard InChI is InChI=1S/C23H22N4O2/c28-22(15-27-16-25-19-7-1-2-8-20(19)27)26-13-10-18(11-14-26)29-21-9-3-5-17-6-4-12-24-23(17)21/h1-9,12,16,18H,10-11,13-15H2. The van der Waals surface area contributed by atoms with Crippen LogP contribution in [-0.2, 0) is 11.3 Å². The second kappa shape index (κ2) is 7.54. The number of piperidine rings is 1. The largest absolute Gasteiger partial charge is 0.488 e. The van der Waals surface area contributed by atoms with Crippen LogP contribution in [-0.4, -0.2) is 44.5 Å². The van der Waals surface area contributed by atoms with E-state index in [1.807, 2.05) is 64.1 Å². The number of aromatic nitrogens is 3. The Morgan fingerprint density at radius 3 is 2.72 bits per heavy atom. The lowest BCUT2D eigenvalue weighted by atomic mass is 10.1. The van der Waals surface area contributed by atoms with Gasteiger partial charge in [-0.15, -0.1) is 0 Å². The zero-order chi connectivity index (χ0) is 19.6. The van der Waals surface area contributed by atoms with E-state index in [-0.39, 0.29) is 12.0 Å². The van der Waals surface area contributed by atoms with Gasteiger partial charge in [0, 0.05) is 37.5 Å². The van der Waals surface area contributed by atoms with Crippen LogP contribution in [0.15, 0.2) is 67.1 Å². The molecule has 5 rings (SSSR count). The molecule has 1 fully saturated rings. The molecule has 3 heterocycles. The van der Waals surface area contributed by atoms with Crippen molar-refractivity contribution in [3.05, 3.63) is 67.1 Å². The molecule has 4 aromatic rings. The number of hydrogen-bond donors (Lipinski definition) is 0. The van der Waals surface area contributed by atoms with Crippen LogP contribution in [0.4, 0.5) is 0 Å². The van der Waals surface area contributed by atoms with Gasteiger partial charge in [-0.25, -0.2) is 4.98 Å². The number of amides is 1. The van der Waals surface area contributed by atoms with Crippen LogP contribution in [0.25, 0.3) is 21.9 Å². The van der Waals surface area contributed by atoms with E-state index in [2.05, 4.69) is 9.97 Å². The topological polar surface area (TPSA) is 60.2 Å². The van der Waals surface area contributed by atoms with Gasteiger partial charge in [0.05, 0.1) is 17.4 Å². The molecule has 0 N–H and O–H groups in total. The van der Waals surface area contributed by atoms with Crippen molar-refractivity contribution in [2.45, 2.75) is 25.5 Å². The molecular weight excluding hydrogens is 364 g/mol. The van der Waals surface area contributed by atoms with Crippen molar-refractivity contribution in [2.24, 2.45) is 0 Å². The highest BCUT2D eigenvalue weighted by atomic mass is 16.5. The lowest BCUT2D eigenvalue weighted by Gasteiger charge is -2.32. The van der Waals surface area contributed by atoms with Gasteiger partial charge in [0.1, 0.15) is 23.9 Å². The van der Waals surface area contributed by atoms with E-state index in [0.29, 0.717) is 19.6 Å². The van der Waals surface area contributed by atoms with Gasteiger partial charge in [-0.05, 0) is 24.3 Å². The Morgan fingerprint density at radius 2 is 1.83 bits per heavy atom. The number of benzene rings is 2. The molecular formula is C23H22N4O2. The lowest BCUT2D eigenvalue weighted by molar-refractivity contribution is -0.133. The molecule has 0 radical (unpaired) electrons. The summed E-state index contributed by atoms with van der Waals surface area (Å²) in [5, 5.41) is 1.07. The van der Waals surface area contributed by atoms with Gasteiger partial charge in [-0.2, -0.15) is 0 Å². The predicted octanol–water partition coefficient (Wildman–Crippen LogP) is 3.65. The first kappa shape index (κ1) is 17.7. The number of carbonyl (C=O) groups is 1. The highest BCUT2D eigenvalue weighted by molar-refractivity contribution is 5.84. The number of pyridine rings is 1. The third-order valence-electron chi connectivity index (χ3n) is 5.52. The van der Waals surface area contributed by atoms with Crippen LogP contribution in [0, 0.1) is 0 Å². The van der Waals surface area contributed by atoms with E-state index in [9.17, 15) is 4.79 Å². The van der Waals surface area contributed by atoms with Crippen molar-refractivity contribution in [1.29, 1.82) is 0 Å². The highest BCUT2D eigenvalue weighted by Crippen LogP contribution is 2.26. The van der Waals surface area contributed by atoms with Crippen molar-refractivity contribution in [3.63, 3.8) is 0 Å². The van der Waals surface area contributed by atoms with Gasteiger partial charge in [0.25, 0.3) is 0 Å². The third-order valence-corrected chi connectivity index (χ3v) is 5.52. The first-order valence-electron chi connectivity index (χ1n) is 9.96. The minimum atomic E-state index is 0.0979. The number of carbonyl (C=O) groups excluding carboxylic acids is 1. The lowest BCUT2D eigenvalue weighted by Crippen LogP contribution is -2.43. The normalized spacial score (nSPS) is 15.1. The highest BCUT2D eigenvalue weighted by Gasteiger charge is 2.24. The summed E-state index contributed by atoms with van der Waals surface area (Å²) in [5.74, 6) is 0.941. The molecule has 1 saturated heterocycles. The number of fused-ring (bicyclic) bond motifs is 2. The van der Waals surface area contributed by atoms with Gasteiger partial charge in [0.2, 0.25) is 5.91 Å². The van der Waals surface area contributed by atoms with Crippen LogP contribution >= 0.6 is 0 Å². The van der Waals surface area contributed by atoms with Crippen molar-refractivity contribution in [2.75, 3.05) is 13.1 Å². The fourth-order valence-corrected chi connectivity index (χ4v) is 3.96. The second-order valence-corrected chi connectivity index (χ2v) is 7.39. The van der Waals surface area contributed by atoms with Crippen LogP contribution < -0.4 is 4.74 Å². The summed E-state index contributed by atoms with van der Waals surface area (Å²) in [6.45, 7) is 1.72. The molecule has 0 spiro atoms. The van der Waals surface area contributed by atoms with Gasteiger partial charge < -0.3 is 14.2 Å². The molecule has 0 saturated carbocycles. The molecule has 0 aliphatic carbocycles. The van der Waals surface area contributed by atoms with Gasteiger partial charge >= 0.3 is 0 Å². The fourth-order valence-electron chi connectivity index (χ4n) is 3.96. The number of imidazole rings is 1. The van der Waals surface area contributed by atoms with Crippen molar-refractivity contribution < 1.29 is 9.53 Å². The summed E-state index contributed by atoms with van der Waals surface area (Å²) in [6, 6.07) is 17.8. The molecule has 1 aliphatic heterocycles. The molecule has 2 aromatic heterocycles. The first-order chi connectivity index (χ1) is 14.3. The minimum absolute atomic E-state index is 0.0979. The predicted molar refractivity (Wildman–Crippen MR) is 112 cm³/mol. The monoisotopic (exact) mass is 386 g/mol. The van der Waals surface area contributed by atoms with E-state index < -0.39 is 0 Å². The van der Waals surface area contributed by atoms with Crippen molar-refractivity contribution in [1.82, 2.24) is 19.4 Å². The van der Waals surface area contributed by atoms with E-state index in [4.69, 9.17) is 4.74 Å². The van der Waals surface area contributed by atoms with Crippen LogP contribution in [0.5, 0.6) is 5.75 Å². The van der Waals surface area contributed by atoms with E-state index in [1.165, 1.54) is 0 Å². The quantitative estimate of drug-likeness (QED) is 0.537. The van der Waals surface area contributed by atoms with Crippen molar-refractivity contribution in [3.8, 4) is 5.75 Å². The van der Waals surface area contributed by atoms with Crippen molar-refractivity contribution >= 4 is 27.8 Å². The minimum Gasteiger partial charge on any atom is -0.488 e. The molecule has 6 nitrogen and oxygen atoms in total. The molecule has 1 amide bonds. The molecule has 29 heavy (non-hydrogen) atoms. The third kappa shape index (κ3) is 3.53. The number of likely N-dealkylation sites (tertiary alicyclic amines) is 1. The Hall–Kier alpha value is -3.41. The number of para-hydroxylation sites is 3. The summed E-state index contributed by atoms with van der Waals surface area (Å²) in [5.41, 5.74) is 2.79. The van der Waals surface area contributed by atoms with E-state index >= 15 is 0 Å². The second-order valence-electron chi connectivity index (χ2n) is 7.39. The SMILES string of the molecule is O=C(Cn1cnc2ccccc21)N1CCC(Oc2cccc3cccnc23)CC1. The number of rotatable bonds is 4. The molecule has 0 atom stereocenters. The molecule has 1 aliphatic rings. The van der Waals surface area contributed by atoms with Gasteiger partial charge in [0.15, 0.2) is 0 Å². The smallest absolute Gasteiger partial charge is 0.242 e. The van der Waals surface area contributed by atoms with E-state index in [1.54, 1.807) is 12.5 Å². The summed E-state index contributed by atoms with van der Waals surface area (Å²) in [6.07, 6.45) is 5.27. The molecule has 6 heteroatoms. The maximum atomic E-state index is 12.8. The summed E-state index contributed by atoms with van der Waals surface area (Å²) in [7, 11) is 0. The number of hydrogen-bond acceptors (Lipinski definition) is 4. The van der Waals surface area contributed by atoms with Crippen LogP contribution in [0.3, 0.4) is 0 Å². The van der Waals surface area contributed by atoms with Crippen LogP contribution in [0.1, 0.15) is 12.8 Å². The summed E-state index contributed by atoms with van der Waals surface area (Å²) >= 11 is 0. The molecule has 0 bridgehead atoms. The zero-order valence-electron chi connectivity index (χ0n) is 16.1. The Kier molecular flexibility index (Phi) is 4.60. The van der Waals surface area contributed by atoms with Crippen LogP contribution in [0.2, 0.25) is 0 Å². The number of nitrogens with zero attached hydrogens (tertiary/aromatic N) is 4. The summed E-state index contributed by atoms with van der Waals surface area (Å²) in [4.78, 5) is 23.5.